The predicted molar refractivity (Wildman–Crippen MR) is 92.8 cm³/mol. The highest BCUT2D eigenvalue weighted by atomic mass is 32.2. The maximum absolute atomic E-state index is 13.2. The minimum absolute atomic E-state index is 0.0155. The van der Waals surface area contributed by atoms with E-state index in [1.165, 1.54) is 18.2 Å². The van der Waals surface area contributed by atoms with Crippen LogP contribution < -0.4 is 0 Å². The number of carbonyl (C=O) groups excluding carboxylic acids is 1. The van der Waals surface area contributed by atoms with Crippen LogP contribution >= 0.6 is 0 Å². The van der Waals surface area contributed by atoms with Gasteiger partial charge in [-0.2, -0.15) is 4.31 Å². The van der Waals surface area contributed by atoms with Crippen molar-refractivity contribution in [2.24, 2.45) is 11.8 Å². The zero-order chi connectivity index (χ0) is 19.1. The molecule has 140 valence electrons. The third-order valence-corrected chi connectivity index (χ3v) is 7.27. The molecular formula is C17H20N2O6S. The summed E-state index contributed by atoms with van der Waals surface area (Å²) < 4.78 is 27.5. The summed E-state index contributed by atoms with van der Waals surface area (Å²) in [4.78, 5) is 21.5. The number of nitrogens with zero attached hydrogens (tertiary/aromatic N) is 2. The number of rotatable bonds is 4. The molecule has 1 heterocycles. The minimum Gasteiger partial charge on any atom is -0.391 e. The van der Waals surface area contributed by atoms with E-state index >= 15 is 0 Å². The summed E-state index contributed by atoms with van der Waals surface area (Å²) in [5.41, 5.74) is 0.306. The monoisotopic (exact) mass is 380 g/mol. The van der Waals surface area contributed by atoms with Crippen LogP contribution in [0.4, 0.5) is 5.69 Å². The number of nitro groups is 1. The number of allylic oxidation sites excluding steroid dienone is 1. The predicted octanol–water partition coefficient (Wildman–Crippen LogP) is 1.50. The molecule has 0 spiro atoms. The minimum atomic E-state index is -4.19. The first-order valence-corrected chi connectivity index (χ1v) is 9.79. The van der Waals surface area contributed by atoms with E-state index in [1.54, 1.807) is 13.0 Å². The van der Waals surface area contributed by atoms with Crippen LogP contribution in [0.5, 0.6) is 0 Å². The summed E-state index contributed by atoms with van der Waals surface area (Å²) in [6.45, 7) is 1.79. The van der Waals surface area contributed by atoms with E-state index in [4.69, 9.17) is 0 Å². The number of aliphatic hydroxyl groups is 1. The molecule has 0 amide bonds. The molecule has 1 N–H and O–H groups in total. The van der Waals surface area contributed by atoms with Crippen molar-refractivity contribution in [3.8, 4) is 0 Å². The Labute approximate surface area is 151 Å². The summed E-state index contributed by atoms with van der Waals surface area (Å²) in [7, 11) is -4.19. The lowest BCUT2D eigenvalue weighted by atomic mass is 9.70. The van der Waals surface area contributed by atoms with Crippen LogP contribution in [-0.2, 0) is 14.8 Å². The molecule has 2 bridgehead atoms. The fraction of sp³-hybridized carbons (Fsp3) is 0.471. The van der Waals surface area contributed by atoms with E-state index in [9.17, 15) is 28.4 Å². The van der Waals surface area contributed by atoms with E-state index in [2.05, 4.69) is 0 Å². The van der Waals surface area contributed by atoms with Crippen molar-refractivity contribution in [3.05, 3.63) is 46.0 Å². The van der Waals surface area contributed by atoms with Crippen molar-refractivity contribution >= 4 is 22.0 Å². The summed E-state index contributed by atoms with van der Waals surface area (Å²) >= 11 is 0. The lowest BCUT2D eigenvalue weighted by Crippen LogP contribution is -2.57. The summed E-state index contributed by atoms with van der Waals surface area (Å²) in [5.74, 6) is -0.452. The number of fused-ring (bicyclic) bond motifs is 2. The fourth-order valence-electron chi connectivity index (χ4n) is 4.01. The lowest BCUT2D eigenvalue weighted by Gasteiger charge is -2.48. The Morgan fingerprint density at radius 3 is 2.62 bits per heavy atom. The van der Waals surface area contributed by atoms with Crippen LogP contribution in [0.2, 0.25) is 0 Å². The average molecular weight is 380 g/mol. The van der Waals surface area contributed by atoms with Crippen LogP contribution in [0, 0.1) is 22.0 Å². The fourth-order valence-corrected chi connectivity index (χ4v) is 5.83. The highest BCUT2D eigenvalue weighted by molar-refractivity contribution is 7.89. The molecule has 2 aliphatic rings. The molecule has 0 aromatic heterocycles. The molecule has 0 radical (unpaired) electrons. The Kier molecular flexibility index (Phi) is 4.96. The maximum Gasteiger partial charge on any atom is 0.289 e. The highest BCUT2D eigenvalue weighted by Crippen LogP contribution is 2.43. The largest absolute Gasteiger partial charge is 0.391 e. The molecule has 3 rings (SSSR count). The second-order valence-electron chi connectivity index (χ2n) is 6.65. The number of aliphatic hydroxyl groups excluding tert-OH is 1. The molecule has 8 nitrogen and oxygen atoms in total. The Morgan fingerprint density at radius 1 is 1.31 bits per heavy atom. The molecule has 9 heteroatoms. The molecule has 1 aromatic carbocycles. The van der Waals surface area contributed by atoms with Gasteiger partial charge >= 0.3 is 0 Å². The first-order valence-electron chi connectivity index (χ1n) is 8.35. The van der Waals surface area contributed by atoms with Crippen molar-refractivity contribution in [1.82, 2.24) is 4.31 Å². The molecule has 1 aliphatic heterocycles. The second kappa shape index (κ2) is 6.90. The van der Waals surface area contributed by atoms with Crippen LogP contribution in [0.3, 0.4) is 0 Å². The molecule has 4 atom stereocenters. The van der Waals surface area contributed by atoms with Gasteiger partial charge in [0.05, 0.1) is 17.1 Å². The first-order chi connectivity index (χ1) is 12.3. The molecule has 1 aliphatic carbocycles. The van der Waals surface area contributed by atoms with Crippen LogP contribution in [-0.4, -0.2) is 47.7 Å². The topological polar surface area (TPSA) is 118 Å². The molecular weight excluding hydrogens is 360 g/mol. The number of carbonyl (C=O) groups is 1. The number of hydrogen-bond acceptors (Lipinski definition) is 6. The molecule has 1 unspecified atom stereocenters. The van der Waals surface area contributed by atoms with Gasteiger partial charge in [0, 0.05) is 18.5 Å². The molecule has 2 fully saturated rings. The number of piperidine rings is 1. The van der Waals surface area contributed by atoms with Gasteiger partial charge in [-0.05, 0) is 31.7 Å². The Morgan fingerprint density at radius 2 is 2.00 bits per heavy atom. The van der Waals surface area contributed by atoms with Gasteiger partial charge in [-0.1, -0.05) is 23.8 Å². The Bertz CT molecular complexity index is 866. The van der Waals surface area contributed by atoms with Gasteiger partial charge in [0.15, 0.2) is 4.90 Å². The van der Waals surface area contributed by atoms with E-state index < -0.39 is 32.8 Å². The number of para-hydroxylation sites is 1. The third-order valence-electron chi connectivity index (χ3n) is 5.35. The zero-order valence-corrected chi connectivity index (χ0v) is 15.0. The number of sulfonamides is 1. The molecule has 1 saturated heterocycles. The van der Waals surface area contributed by atoms with Gasteiger partial charge in [-0.3, -0.25) is 10.1 Å². The first kappa shape index (κ1) is 18.7. The Hall–Kier alpha value is -2.10. The van der Waals surface area contributed by atoms with Gasteiger partial charge in [-0.15, -0.1) is 0 Å². The van der Waals surface area contributed by atoms with Gasteiger partial charge in [0.25, 0.3) is 15.7 Å². The van der Waals surface area contributed by atoms with E-state index in [-0.39, 0.29) is 29.7 Å². The SMILES string of the molecule is C/C=C1/CN(S(=O)(=O)c2ccccc2[N+](=O)[O-])[C@H]2C[C@@H]1C(C=O)C[C@@H]2O. The standard InChI is InChI=1S/C17H20N2O6S/c1-2-11-9-18(15-8-13(11)12(10-20)7-16(15)21)26(24,25)17-6-4-3-5-14(17)19(22)23/h2-6,10,12-13,15-16,21H,7-9H2,1H3/b11-2-/t12?,13-,15-,16-/m0/s1. The van der Waals surface area contributed by atoms with Gasteiger partial charge in [-0.25, -0.2) is 8.42 Å². The molecule has 26 heavy (non-hydrogen) atoms. The lowest BCUT2D eigenvalue weighted by molar-refractivity contribution is -0.387. The van der Waals surface area contributed by atoms with Crippen LogP contribution in [0.15, 0.2) is 40.8 Å². The summed E-state index contributed by atoms with van der Waals surface area (Å²) in [6, 6.07) is 4.49. The van der Waals surface area contributed by atoms with Crippen LogP contribution in [0.1, 0.15) is 19.8 Å². The average Bonchev–Trinajstić information content (AvgIpc) is 2.64. The number of aldehydes is 1. The third kappa shape index (κ3) is 2.95. The van der Waals surface area contributed by atoms with Crippen molar-refractivity contribution in [3.63, 3.8) is 0 Å². The van der Waals surface area contributed by atoms with Crippen molar-refractivity contribution in [2.75, 3.05) is 6.54 Å². The Balaban J connectivity index is 2.06. The number of nitro benzene ring substituents is 1. The normalized spacial score (nSPS) is 30.9. The van der Waals surface area contributed by atoms with Crippen molar-refractivity contribution in [1.29, 1.82) is 0 Å². The number of benzene rings is 1. The zero-order valence-electron chi connectivity index (χ0n) is 14.2. The van der Waals surface area contributed by atoms with E-state index in [0.717, 1.165) is 22.2 Å². The van der Waals surface area contributed by atoms with E-state index in [1.807, 2.05) is 0 Å². The van der Waals surface area contributed by atoms with Crippen molar-refractivity contribution < 1.29 is 23.2 Å². The smallest absolute Gasteiger partial charge is 0.289 e. The highest BCUT2D eigenvalue weighted by Gasteiger charge is 2.49. The number of hydrogen-bond donors (Lipinski definition) is 1. The van der Waals surface area contributed by atoms with E-state index in [0.29, 0.717) is 6.42 Å². The summed E-state index contributed by atoms with van der Waals surface area (Å²) in [6.07, 6.45) is 2.12. The van der Waals surface area contributed by atoms with Crippen LogP contribution in [0.25, 0.3) is 0 Å². The van der Waals surface area contributed by atoms with Gasteiger partial charge in [0.2, 0.25) is 0 Å². The second-order valence-corrected chi connectivity index (χ2v) is 8.51. The maximum atomic E-state index is 13.2. The van der Waals surface area contributed by atoms with Crippen molar-refractivity contribution in [2.45, 2.75) is 36.8 Å². The quantitative estimate of drug-likeness (QED) is 0.366. The molecule has 1 aromatic rings. The van der Waals surface area contributed by atoms with Gasteiger partial charge in [0.1, 0.15) is 6.29 Å². The van der Waals surface area contributed by atoms with Gasteiger partial charge < -0.3 is 9.90 Å². The molecule has 1 saturated carbocycles. The summed E-state index contributed by atoms with van der Waals surface area (Å²) in [5, 5.41) is 21.7.